The number of sulfonamides is 1. The molecule has 1 N–H and O–H groups in total. The zero-order valence-corrected chi connectivity index (χ0v) is 12.7. The van der Waals surface area contributed by atoms with Gasteiger partial charge in [-0.1, -0.05) is 6.92 Å². The third-order valence-electron chi connectivity index (χ3n) is 3.08. The molecule has 20 heavy (non-hydrogen) atoms. The first-order valence-electron chi connectivity index (χ1n) is 6.32. The molecule has 0 saturated carbocycles. The highest BCUT2D eigenvalue weighted by molar-refractivity contribution is 7.89. The van der Waals surface area contributed by atoms with Crippen LogP contribution in [0.25, 0.3) is 0 Å². The predicted octanol–water partition coefficient (Wildman–Crippen LogP) is 0.129. The van der Waals surface area contributed by atoms with E-state index in [4.69, 9.17) is 16.3 Å². The minimum atomic E-state index is -3.63. The fraction of sp³-hybridized carbons (Fsp3) is 0.636. The van der Waals surface area contributed by atoms with E-state index in [1.807, 2.05) is 0 Å². The molecule has 1 aromatic heterocycles. The molecule has 0 spiro atoms. The Balaban J connectivity index is 1.94. The van der Waals surface area contributed by atoms with Crippen molar-refractivity contribution < 1.29 is 13.2 Å². The Hall–Kier alpha value is -0.800. The van der Waals surface area contributed by atoms with Gasteiger partial charge in [0.15, 0.2) is 0 Å². The van der Waals surface area contributed by atoms with Crippen molar-refractivity contribution in [2.45, 2.75) is 17.9 Å². The zero-order valence-electron chi connectivity index (χ0n) is 11.1. The van der Waals surface area contributed by atoms with Crippen molar-refractivity contribution in [2.24, 2.45) is 0 Å². The summed E-state index contributed by atoms with van der Waals surface area (Å²) in [5, 5.41) is 0.0122. The van der Waals surface area contributed by atoms with Crippen molar-refractivity contribution in [2.75, 3.05) is 32.8 Å². The second-order valence-electron chi connectivity index (χ2n) is 4.43. The number of nitrogens with zero attached hydrogens (tertiary/aromatic N) is 3. The number of nitrogens with one attached hydrogen (secondary N) is 1. The SMILES string of the molecule is CCN1CCOC(CNS(=O)(=O)c2cnc(Cl)nc2)C1. The molecule has 9 heteroatoms. The van der Waals surface area contributed by atoms with Crippen LogP contribution in [-0.4, -0.2) is 62.2 Å². The van der Waals surface area contributed by atoms with E-state index in [1.54, 1.807) is 0 Å². The number of likely N-dealkylation sites (N-methyl/N-ethyl adjacent to an activating group) is 1. The smallest absolute Gasteiger partial charge is 0.243 e. The molecule has 1 fully saturated rings. The minimum Gasteiger partial charge on any atom is -0.374 e. The standard InChI is InChI=1S/C11H17ClN4O3S/c1-2-16-3-4-19-9(8-16)5-15-20(17,18)10-6-13-11(12)14-7-10/h6-7,9,15H,2-5,8H2,1H3. The number of aromatic nitrogens is 2. The number of morpholine rings is 1. The maximum atomic E-state index is 12.0. The molecule has 1 saturated heterocycles. The summed E-state index contributed by atoms with van der Waals surface area (Å²) in [6, 6.07) is 0. The van der Waals surface area contributed by atoms with Crippen LogP contribution in [0.1, 0.15) is 6.92 Å². The molecule has 0 amide bonds. The summed E-state index contributed by atoms with van der Waals surface area (Å²) in [6.07, 6.45) is 2.21. The quantitative estimate of drug-likeness (QED) is 0.776. The molecule has 0 aromatic carbocycles. The summed E-state index contributed by atoms with van der Waals surface area (Å²) in [5.41, 5.74) is 0. The van der Waals surface area contributed by atoms with Gasteiger partial charge in [0, 0.05) is 19.6 Å². The predicted molar refractivity (Wildman–Crippen MR) is 74.1 cm³/mol. The van der Waals surface area contributed by atoms with E-state index in [0.717, 1.165) is 19.6 Å². The topological polar surface area (TPSA) is 84.4 Å². The van der Waals surface area contributed by atoms with Crippen LogP contribution >= 0.6 is 11.6 Å². The monoisotopic (exact) mass is 320 g/mol. The summed E-state index contributed by atoms with van der Waals surface area (Å²) < 4.78 is 32.1. The number of halogens is 1. The Morgan fingerprint density at radius 1 is 1.50 bits per heavy atom. The summed E-state index contributed by atoms with van der Waals surface area (Å²) in [5.74, 6) is 0. The van der Waals surface area contributed by atoms with Gasteiger partial charge in [-0.05, 0) is 18.1 Å². The van der Waals surface area contributed by atoms with Gasteiger partial charge in [0.25, 0.3) is 0 Å². The van der Waals surface area contributed by atoms with Crippen LogP contribution in [0.5, 0.6) is 0 Å². The highest BCUT2D eigenvalue weighted by Crippen LogP contribution is 2.09. The number of rotatable bonds is 5. The average Bonchev–Trinajstić information content (AvgIpc) is 2.46. The van der Waals surface area contributed by atoms with Crippen molar-refractivity contribution in [3.05, 3.63) is 17.7 Å². The van der Waals surface area contributed by atoms with Gasteiger partial charge in [-0.15, -0.1) is 0 Å². The molecule has 7 nitrogen and oxygen atoms in total. The summed E-state index contributed by atoms with van der Waals surface area (Å²) in [4.78, 5) is 9.53. The lowest BCUT2D eigenvalue weighted by Gasteiger charge is -2.32. The van der Waals surface area contributed by atoms with Crippen LogP contribution < -0.4 is 4.72 Å². The Morgan fingerprint density at radius 2 is 2.20 bits per heavy atom. The van der Waals surface area contributed by atoms with Crippen LogP contribution in [0.3, 0.4) is 0 Å². The first-order valence-corrected chi connectivity index (χ1v) is 8.18. The van der Waals surface area contributed by atoms with Crippen LogP contribution in [0.4, 0.5) is 0 Å². The number of ether oxygens (including phenoxy) is 1. The van der Waals surface area contributed by atoms with Crippen LogP contribution in [0.15, 0.2) is 17.3 Å². The summed E-state index contributed by atoms with van der Waals surface area (Å²) in [6.45, 7) is 5.43. The van der Waals surface area contributed by atoms with Crippen LogP contribution in [0, 0.1) is 0 Å². The van der Waals surface area contributed by atoms with Crippen molar-refractivity contribution in [1.82, 2.24) is 19.6 Å². The molecule has 1 unspecified atom stereocenters. The fourth-order valence-electron chi connectivity index (χ4n) is 1.92. The molecule has 2 rings (SSSR count). The molecule has 1 atom stereocenters. The molecular weight excluding hydrogens is 304 g/mol. The molecule has 0 radical (unpaired) electrons. The second kappa shape index (κ2) is 6.77. The molecular formula is C11H17ClN4O3S. The second-order valence-corrected chi connectivity index (χ2v) is 6.53. The van der Waals surface area contributed by atoms with Crippen molar-refractivity contribution in [3.8, 4) is 0 Å². The van der Waals surface area contributed by atoms with Gasteiger partial charge in [0.1, 0.15) is 4.90 Å². The Kier molecular flexibility index (Phi) is 5.28. The number of hydrogen-bond acceptors (Lipinski definition) is 6. The maximum absolute atomic E-state index is 12.0. The lowest BCUT2D eigenvalue weighted by Crippen LogP contribution is -2.47. The van der Waals surface area contributed by atoms with Crippen LogP contribution in [0.2, 0.25) is 5.28 Å². The molecule has 1 aliphatic rings. The highest BCUT2D eigenvalue weighted by Gasteiger charge is 2.22. The number of hydrogen-bond donors (Lipinski definition) is 1. The molecule has 0 aliphatic carbocycles. The van der Waals surface area contributed by atoms with E-state index in [1.165, 1.54) is 12.4 Å². The molecule has 1 aromatic rings. The Bertz CT molecular complexity index is 537. The Labute approximate surface area is 123 Å². The summed E-state index contributed by atoms with van der Waals surface area (Å²) >= 11 is 5.53. The highest BCUT2D eigenvalue weighted by atomic mass is 35.5. The van der Waals surface area contributed by atoms with Crippen molar-refractivity contribution in [3.63, 3.8) is 0 Å². The lowest BCUT2D eigenvalue weighted by atomic mass is 10.3. The molecule has 2 heterocycles. The van der Waals surface area contributed by atoms with Gasteiger partial charge in [-0.2, -0.15) is 0 Å². The van der Waals surface area contributed by atoms with Gasteiger partial charge >= 0.3 is 0 Å². The van der Waals surface area contributed by atoms with E-state index in [2.05, 4.69) is 26.5 Å². The van der Waals surface area contributed by atoms with Gasteiger partial charge < -0.3 is 4.74 Å². The lowest BCUT2D eigenvalue weighted by molar-refractivity contribution is -0.0229. The van der Waals surface area contributed by atoms with Crippen LogP contribution in [-0.2, 0) is 14.8 Å². The molecule has 0 bridgehead atoms. The van der Waals surface area contributed by atoms with E-state index in [0.29, 0.717) is 6.61 Å². The first-order chi connectivity index (χ1) is 9.51. The normalized spacial score (nSPS) is 21.0. The molecule has 1 aliphatic heterocycles. The van der Waals surface area contributed by atoms with Crippen molar-refractivity contribution >= 4 is 21.6 Å². The van der Waals surface area contributed by atoms with Gasteiger partial charge in [0.2, 0.25) is 15.3 Å². The van der Waals surface area contributed by atoms with E-state index in [9.17, 15) is 8.42 Å². The van der Waals surface area contributed by atoms with Gasteiger partial charge in [-0.3, -0.25) is 4.90 Å². The minimum absolute atomic E-state index is 0.00921. The third kappa shape index (κ3) is 4.10. The van der Waals surface area contributed by atoms with E-state index in [-0.39, 0.29) is 22.8 Å². The van der Waals surface area contributed by atoms with E-state index >= 15 is 0 Å². The Morgan fingerprint density at radius 3 is 2.85 bits per heavy atom. The average molecular weight is 321 g/mol. The van der Waals surface area contributed by atoms with Crippen molar-refractivity contribution in [1.29, 1.82) is 0 Å². The fourth-order valence-corrected chi connectivity index (χ4v) is 2.97. The van der Waals surface area contributed by atoms with Gasteiger partial charge in [0.05, 0.1) is 25.1 Å². The largest absolute Gasteiger partial charge is 0.374 e. The zero-order chi connectivity index (χ0) is 14.6. The first kappa shape index (κ1) is 15.6. The van der Waals surface area contributed by atoms with Gasteiger partial charge in [-0.25, -0.2) is 23.1 Å². The maximum Gasteiger partial charge on any atom is 0.243 e. The summed E-state index contributed by atoms with van der Waals surface area (Å²) in [7, 11) is -3.63. The third-order valence-corrected chi connectivity index (χ3v) is 4.65. The molecule has 112 valence electrons. The van der Waals surface area contributed by atoms with E-state index < -0.39 is 10.0 Å².